The smallest absolute Gasteiger partial charge is 0.231 e. The van der Waals surface area contributed by atoms with Gasteiger partial charge in [-0.25, -0.2) is 0 Å². The number of hydrogen-bond donors (Lipinski definition) is 1. The molecule has 0 bridgehead atoms. The van der Waals surface area contributed by atoms with Gasteiger partial charge in [0, 0.05) is 12.3 Å². The molecule has 0 radical (unpaired) electrons. The molecule has 4 heteroatoms. The first-order valence-electron chi connectivity index (χ1n) is 7.70. The summed E-state index contributed by atoms with van der Waals surface area (Å²) in [4.78, 5) is 16.7. The summed E-state index contributed by atoms with van der Waals surface area (Å²) in [5.74, 6) is 0.0475. The standard InChI is InChI=1S/C18H23ClN2O/c1-11(2)9-15-14(10-20)17(13-7-5-4-6-8-13)16(18(19)22)12(3)21-15/h4-8,11-12,16H,9-10,20H2,1-3H3. The van der Waals surface area contributed by atoms with E-state index in [1.165, 1.54) is 0 Å². The van der Waals surface area contributed by atoms with Gasteiger partial charge in [0.05, 0.1) is 12.0 Å². The molecule has 2 unspecified atom stereocenters. The Morgan fingerprint density at radius 1 is 1.32 bits per heavy atom. The van der Waals surface area contributed by atoms with Gasteiger partial charge < -0.3 is 5.73 Å². The van der Waals surface area contributed by atoms with E-state index in [4.69, 9.17) is 22.3 Å². The molecule has 0 aromatic heterocycles. The number of benzene rings is 1. The number of halogens is 1. The second kappa shape index (κ2) is 7.21. The topological polar surface area (TPSA) is 55.5 Å². The average Bonchev–Trinajstić information content (AvgIpc) is 2.46. The molecule has 2 atom stereocenters. The summed E-state index contributed by atoms with van der Waals surface area (Å²) in [5, 5.41) is -0.371. The molecular weight excluding hydrogens is 296 g/mol. The van der Waals surface area contributed by atoms with Crippen molar-refractivity contribution in [2.45, 2.75) is 33.2 Å². The van der Waals surface area contributed by atoms with E-state index in [1.54, 1.807) is 0 Å². The summed E-state index contributed by atoms with van der Waals surface area (Å²) in [5.41, 5.74) is 9.94. The second-order valence-electron chi connectivity index (χ2n) is 6.16. The van der Waals surface area contributed by atoms with Crippen molar-refractivity contribution >= 4 is 28.1 Å². The van der Waals surface area contributed by atoms with Crippen LogP contribution >= 0.6 is 11.6 Å². The maximum Gasteiger partial charge on any atom is 0.231 e. The number of aliphatic imine (C=N–C) groups is 1. The highest BCUT2D eigenvalue weighted by Gasteiger charge is 2.35. The molecule has 0 aliphatic carbocycles. The molecule has 1 aliphatic heterocycles. The van der Waals surface area contributed by atoms with Crippen molar-refractivity contribution < 1.29 is 4.79 Å². The van der Waals surface area contributed by atoms with Crippen LogP contribution in [0.3, 0.4) is 0 Å². The van der Waals surface area contributed by atoms with Crippen LogP contribution in [0.2, 0.25) is 0 Å². The quantitative estimate of drug-likeness (QED) is 0.842. The molecule has 22 heavy (non-hydrogen) atoms. The molecule has 0 fully saturated rings. The van der Waals surface area contributed by atoms with Crippen LogP contribution < -0.4 is 5.73 Å². The van der Waals surface area contributed by atoms with Crippen LogP contribution in [0.15, 0.2) is 40.9 Å². The monoisotopic (exact) mass is 318 g/mol. The molecule has 2 rings (SSSR count). The normalized spacial score (nSPS) is 22.0. The molecule has 1 aromatic carbocycles. The molecule has 0 saturated carbocycles. The van der Waals surface area contributed by atoms with E-state index >= 15 is 0 Å². The summed E-state index contributed by atoms with van der Waals surface area (Å²) in [6, 6.07) is 9.73. The van der Waals surface area contributed by atoms with Crippen LogP contribution in [-0.2, 0) is 4.79 Å². The zero-order valence-electron chi connectivity index (χ0n) is 13.3. The lowest BCUT2D eigenvalue weighted by atomic mass is 9.79. The van der Waals surface area contributed by atoms with Gasteiger partial charge in [0.1, 0.15) is 0 Å². The molecule has 0 spiro atoms. The minimum Gasteiger partial charge on any atom is -0.326 e. The second-order valence-corrected chi connectivity index (χ2v) is 6.53. The van der Waals surface area contributed by atoms with Gasteiger partial charge in [0.2, 0.25) is 5.24 Å². The van der Waals surface area contributed by atoms with Crippen LogP contribution in [0, 0.1) is 11.8 Å². The first-order chi connectivity index (χ1) is 10.5. The zero-order chi connectivity index (χ0) is 16.3. The predicted octanol–water partition coefficient (Wildman–Crippen LogP) is 3.67. The summed E-state index contributed by atoms with van der Waals surface area (Å²) in [7, 11) is 0. The molecule has 1 heterocycles. The maximum atomic E-state index is 12.0. The molecule has 0 saturated heterocycles. The van der Waals surface area contributed by atoms with E-state index in [-0.39, 0.29) is 11.3 Å². The van der Waals surface area contributed by atoms with Gasteiger partial charge >= 0.3 is 0 Å². The number of nitrogens with zero attached hydrogens (tertiary/aromatic N) is 1. The lowest BCUT2D eigenvalue weighted by molar-refractivity contribution is -0.113. The van der Waals surface area contributed by atoms with Gasteiger partial charge in [-0.3, -0.25) is 9.79 Å². The molecule has 1 aliphatic rings. The Morgan fingerprint density at radius 2 is 1.95 bits per heavy atom. The van der Waals surface area contributed by atoms with Crippen molar-refractivity contribution in [1.82, 2.24) is 0 Å². The Bertz CT molecular complexity index is 605. The minimum atomic E-state index is -0.432. The number of hydrogen-bond acceptors (Lipinski definition) is 3. The Morgan fingerprint density at radius 3 is 2.45 bits per heavy atom. The SMILES string of the molecule is CC(C)CC1=NC(C)C(C(=O)Cl)C(c2ccccc2)=C1CN. The predicted molar refractivity (Wildman–Crippen MR) is 93.1 cm³/mol. The Hall–Kier alpha value is -1.45. The number of rotatable bonds is 5. The molecule has 1 aromatic rings. The fourth-order valence-corrected chi connectivity index (χ4v) is 3.34. The number of nitrogens with two attached hydrogens (primary N) is 1. The molecule has 2 N–H and O–H groups in total. The van der Waals surface area contributed by atoms with Crippen molar-refractivity contribution in [1.29, 1.82) is 0 Å². The third kappa shape index (κ3) is 3.47. The third-order valence-electron chi connectivity index (χ3n) is 3.96. The number of carbonyl (C=O) groups excluding carboxylic acids is 1. The zero-order valence-corrected chi connectivity index (χ0v) is 14.1. The van der Waals surface area contributed by atoms with Crippen LogP contribution in [0.1, 0.15) is 32.8 Å². The van der Waals surface area contributed by atoms with E-state index in [2.05, 4.69) is 13.8 Å². The van der Waals surface area contributed by atoms with Gasteiger partial charge in [-0.15, -0.1) is 0 Å². The van der Waals surface area contributed by atoms with Crippen LogP contribution in [-0.4, -0.2) is 23.5 Å². The fourth-order valence-electron chi connectivity index (χ4n) is 3.05. The van der Waals surface area contributed by atoms with Gasteiger partial charge in [0.15, 0.2) is 0 Å². The van der Waals surface area contributed by atoms with E-state index in [1.807, 2.05) is 37.3 Å². The summed E-state index contributed by atoms with van der Waals surface area (Å²) in [6.07, 6.45) is 0.858. The van der Waals surface area contributed by atoms with E-state index in [9.17, 15) is 4.79 Å². The highest BCUT2D eigenvalue weighted by Crippen LogP contribution is 2.37. The Balaban J connectivity index is 2.62. The van der Waals surface area contributed by atoms with Crippen molar-refractivity contribution in [2.24, 2.45) is 22.6 Å². The van der Waals surface area contributed by atoms with Crippen molar-refractivity contribution in [2.75, 3.05) is 6.54 Å². The fraction of sp³-hybridized carbons (Fsp3) is 0.444. The first-order valence-corrected chi connectivity index (χ1v) is 8.08. The first kappa shape index (κ1) is 16.9. The number of carbonyl (C=O) groups is 1. The summed E-state index contributed by atoms with van der Waals surface area (Å²) in [6.45, 7) is 6.62. The highest BCUT2D eigenvalue weighted by molar-refractivity contribution is 6.65. The maximum absolute atomic E-state index is 12.0. The third-order valence-corrected chi connectivity index (χ3v) is 4.20. The van der Waals surface area contributed by atoms with E-state index < -0.39 is 5.92 Å². The van der Waals surface area contributed by atoms with E-state index in [0.717, 1.165) is 28.8 Å². The van der Waals surface area contributed by atoms with Crippen LogP contribution in [0.4, 0.5) is 0 Å². The lowest BCUT2D eigenvalue weighted by Gasteiger charge is -2.31. The van der Waals surface area contributed by atoms with Gasteiger partial charge in [-0.1, -0.05) is 44.2 Å². The van der Waals surface area contributed by atoms with Crippen LogP contribution in [0.5, 0.6) is 0 Å². The molecule has 3 nitrogen and oxygen atoms in total. The molecular formula is C18H23ClN2O. The largest absolute Gasteiger partial charge is 0.326 e. The van der Waals surface area contributed by atoms with E-state index in [0.29, 0.717) is 12.5 Å². The minimum absolute atomic E-state index is 0.163. The summed E-state index contributed by atoms with van der Waals surface area (Å²) >= 11 is 5.89. The van der Waals surface area contributed by atoms with Crippen molar-refractivity contribution in [3.8, 4) is 0 Å². The van der Waals surface area contributed by atoms with Gasteiger partial charge in [0.25, 0.3) is 0 Å². The average molecular weight is 319 g/mol. The summed E-state index contributed by atoms with van der Waals surface area (Å²) < 4.78 is 0. The Labute approximate surface area is 137 Å². The van der Waals surface area contributed by atoms with Gasteiger partial charge in [-0.05, 0) is 47.6 Å². The van der Waals surface area contributed by atoms with Crippen molar-refractivity contribution in [3.05, 3.63) is 41.5 Å². The van der Waals surface area contributed by atoms with Gasteiger partial charge in [-0.2, -0.15) is 0 Å². The lowest BCUT2D eigenvalue weighted by Crippen LogP contribution is -2.33. The highest BCUT2D eigenvalue weighted by atomic mass is 35.5. The van der Waals surface area contributed by atoms with Crippen molar-refractivity contribution in [3.63, 3.8) is 0 Å². The molecule has 0 amide bonds. The molecule has 118 valence electrons. The Kier molecular flexibility index (Phi) is 5.54. The number of dihydropyridines is 1. The van der Waals surface area contributed by atoms with Crippen LogP contribution in [0.25, 0.3) is 5.57 Å².